The van der Waals surface area contributed by atoms with Crippen LogP contribution in [0, 0.1) is 10.1 Å². The Morgan fingerprint density at radius 3 is 2.70 bits per heavy atom. The van der Waals surface area contributed by atoms with Crippen molar-refractivity contribution in [2.24, 2.45) is 0 Å². The fraction of sp³-hybridized carbons (Fsp3) is 0. The fourth-order valence-electron chi connectivity index (χ4n) is 1.53. The van der Waals surface area contributed by atoms with E-state index < -0.39 is 4.92 Å². The average Bonchev–Trinajstić information content (AvgIpc) is 2.46. The molecule has 6 heteroatoms. The molecule has 2 rings (SSSR count). The van der Waals surface area contributed by atoms with Crippen molar-refractivity contribution in [1.29, 1.82) is 0 Å². The third-order valence-electron chi connectivity index (χ3n) is 2.46. The fourth-order valence-corrected chi connectivity index (χ4v) is 1.53. The van der Waals surface area contributed by atoms with E-state index in [-0.39, 0.29) is 11.6 Å². The van der Waals surface area contributed by atoms with Crippen molar-refractivity contribution >= 4 is 23.4 Å². The summed E-state index contributed by atoms with van der Waals surface area (Å²) in [4.78, 5) is 25.6. The van der Waals surface area contributed by atoms with E-state index in [0.29, 0.717) is 11.3 Å². The van der Waals surface area contributed by atoms with E-state index in [1.165, 1.54) is 24.3 Å². The van der Waals surface area contributed by atoms with Crippen LogP contribution in [0.5, 0.6) is 0 Å². The second kappa shape index (κ2) is 6.24. The van der Waals surface area contributed by atoms with E-state index >= 15 is 0 Å². The first-order valence-corrected chi connectivity index (χ1v) is 5.79. The van der Waals surface area contributed by atoms with Crippen molar-refractivity contribution in [3.63, 3.8) is 0 Å². The Bertz CT molecular complexity index is 654. The zero-order valence-electron chi connectivity index (χ0n) is 10.4. The molecule has 6 nitrogen and oxygen atoms in total. The summed E-state index contributed by atoms with van der Waals surface area (Å²) in [7, 11) is 0. The van der Waals surface area contributed by atoms with Gasteiger partial charge in [-0.15, -0.1) is 0 Å². The SMILES string of the molecule is O=C(/C=C/c1cccc([N+](=O)[O-])c1)Nc1ccncc1. The lowest BCUT2D eigenvalue weighted by Crippen LogP contribution is -2.07. The molecule has 0 aliphatic carbocycles. The van der Waals surface area contributed by atoms with Gasteiger partial charge >= 0.3 is 0 Å². The second-order valence-electron chi connectivity index (χ2n) is 3.91. The minimum atomic E-state index is -0.478. The zero-order valence-corrected chi connectivity index (χ0v) is 10.4. The van der Waals surface area contributed by atoms with Gasteiger partial charge in [0, 0.05) is 36.3 Å². The number of amides is 1. The summed E-state index contributed by atoms with van der Waals surface area (Å²) in [5.74, 6) is -0.317. The molecule has 0 unspecified atom stereocenters. The van der Waals surface area contributed by atoms with Crippen LogP contribution in [0.3, 0.4) is 0 Å². The third kappa shape index (κ3) is 3.74. The molecule has 1 heterocycles. The Labute approximate surface area is 114 Å². The van der Waals surface area contributed by atoms with Crippen LogP contribution in [0.2, 0.25) is 0 Å². The highest BCUT2D eigenvalue weighted by Crippen LogP contribution is 2.14. The monoisotopic (exact) mass is 269 g/mol. The Kier molecular flexibility index (Phi) is 4.18. The lowest BCUT2D eigenvalue weighted by Gasteiger charge is -2.00. The van der Waals surface area contributed by atoms with Crippen LogP contribution in [-0.2, 0) is 4.79 Å². The molecule has 0 saturated carbocycles. The molecule has 0 spiro atoms. The Morgan fingerprint density at radius 2 is 2.00 bits per heavy atom. The molecule has 1 aromatic heterocycles. The van der Waals surface area contributed by atoms with Gasteiger partial charge in [0.15, 0.2) is 0 Å². The highest BCUT2D eigenvalue weighted by Gasteiger charge is 2.04. The number of hydrogen-bond donors (Lipinski definition) is 1. The van der Waals surface area contributed by atoms with E-state index in [2.05, 4.69) is 10.3 Å². The minimum absolute atomic E-state index is 0.0123. The first-order valence-electron chi connectivity index (χ1n) is 5.79. The number of anilines is 1. The Hall–Kier alpha value is -3.02. The van der Waals surface area contributed by atoms with Gasteiger partial charge in [-0.3, -0.25) is 19.9 Å². The van der Waals surface area contributed by atoms with Crippen LogP contribution in [0.25, 0.3) is 6.08 Å². The van der Waals surface area contributed by atoms with Gasteiger partial charge in [0.05, 0.1) is 4.92 Å². The molecule has 1 aromatic carbocycles. The molecule has 1 amide bonds. The van der Waals surface area contributed by atoms with Gasteiger partial charge in [0.25, 0.3) is 5.69 Å². The maximum absolute atomic E-state index is 11.7. The topological polar surface area (TPSA) is 85.1 Å². The van der Waals surface area contributed by atoms with Gasteiger partial charge in [-0.1, -0.05) is 12.1 Å². The average molecular weight is 269 g/mol. The predicted molar refractivity (Wildman–Crippen MR) is 75.0 cm³/mol. The van der Waals surface area contributed by atoms with Gasteiger partial charge in [0.1, 0.15) is 0 Å². The van der Waals surface area contributed by atoms with Crippen LogP contribution < -0.4 is 5.32 Å². The number of hydrogen-bond acceptors (Lipinski definition) is 4. The number of nitrogens with one attached hydrogen (secondary N) is 1. The third-order valence-corrected chi connectivity index (χ3v) is 2.46. The van der Waals surface area contributed by atoms with E-state index in [0.717, 1.165) is 0 Å². The van der Waals surface area contributed by atoms with Crippen molar-refractivity contribution < 1.29 is 9.72 Å². The number of carbonyl (C=O) groups excluding carboxylic acids is 1. The Morgan fingerprint density at radius 1 is 1.25 bits per heavy atom. The maximum atomic E-state index is 11.7. The number of pyridine rings is 1. The number of carbonyl (C=O) groups is 1. The van der Waals surface area contributed by atoms with Crippen LogP contribution in [-0.4, -0.2) is 15.8 Å². The van der Waals surface area contributed by atoms with Crippen molar-refractivity contribution in [2.45, 2.75) is 0 Å². The predicted octanol–water partition coefficient (Wildman–Crippen LogP) is 2.64. The molecule has 0 aliphatic heterocycles. The van der Waals surface area contributed by atoms with E-state index in [1.807, 2.05) is 0 Å². The molecule has 100 valence electrons. The lowest BCUT2D eigenvalue weighted by molar-refractivity contribution is -0.384. The van der Waals surface area contributed by atoms with Crippen molar-refractivity contribution in [3.05, 3.63) is 70.5 Å². The van der Waals surface area contributed by atoms with Crippen LogP contribution >= 0.6 is 0 Å². The van der Waals surface area contributed by atoms with E-state index in [9.17, 15) is 14.9 Å². The summed E-state index contributed by atoms with van der Waals surface area (Å²) in [5.41, 5.74) is 1.21. The quantitative estimate of drug-likeness (QED) is 0.525. The molecule has 0 aliphatic rings. The molecule has 0 atom stereocenters. The molecule has 0 fully saturated rings. The summed E-state index contributed by atoms with van der Waals surface area (Å²) < 4.78 is 0. The first-order chi connectivity index (χ1) is 9.65. The van der Waals surface area contributed by atoms with Gasteiger partial charge in [0.2, 0.25) is 5.91 Å². The summed E-state index contributed by atoms with van der Waals surface area (Å²) in [6.45, 7) is 0. The second-order valence-corrected chi connectivity index (χ2v) is 3.91. The highest BCUT2D eigenvalue weighted by atomic mass is 16.6. The number of nitro benzene ring substituents is 1. The summed E-state index contributed by atoms with van der Waals surface area (Å²) in [5, 5.41) is 13.3. The maximum Gasteiger partial charge on any atom is 0.270 e. The zero-order chi connectivity index (χ0) is 14.4. The molecule has 0 bridgehead atoms. The molecular formula is C14H11N3O3. The first kappa shape index (κ1) is 13.4. The molecule has 2 aromatic rings. The highest BCUT2D eigenvalue weighted by molar-refractivity contribution is 6.01. The van der Waals surface area contributed by atoms with Gasteiger partial charge in [-0.25, -0.2) is 0 Å². The van der Waals surface area contributed by atoms with E-state index in [1.54, 1.807) is 36.7 Å². The number of nitrogens with zero attached hydrogens (tertiary/aromatic N) is 2. The number of rotatable bonds is 4. The van der Waals surface area contributed by atoms with Crippen LogP contribution in [0.4, 0.5) is 11.4 Å². The molecule has 1 N–H and O–H groups in total. The lowest BCUT2D eigenvalue weighted by atomic mass is 10.2. The smallest absolute Gasteiger partial charge is 0.270 e. The number of aromatic nitrogens is 1. The van der Waals surface area contributed by atoms with E-state index in [4.69, 9.17) is 0 Å². The standard InChI is InChI=1S/C14H11N3O3/c18-14(16-12-6-8-15-9-7-12)5-4-11-2-1-3-13(10-11)17(19)20/h1-10H,(H,15,16,18)/b5-4+. The molecule has 0 saturated heterocycles. The van der Waals surface area contributed by atoms with Crippen LogP contribution in [0.1, 0.15) is 5.56 Å². The van der Waals surface area contributed by atoms with Gasteiger partial charge in [-0.2, -0.15) is 0 Å². The summed E-state index contributed by atoms with van der Waals surface area (Å²) in [6, 6.07) is 9.38. The van der Waals surface area contributed by atoms with Gasteiger partial charge in [-0.05, 0) is 23.8 Å². The number of nitro groups is 1. The van der Waals surface area contributed by atoms with Gasteiger partial charge < -0.3 is 5.32 Å². The molecule has 20 heavy (non-hydrogen) atoms. The summed E-state index contributed by atoms with van der Waals surface area (Å²) >= 11 is 0. The largest absolute Gasteiger partial charge is 0.322 e. The normalized spacial score (nSPS) is 10.4. The summed E-state index contributed by atoms with van der Waals surface area (Å²) in [6.07, 6.45) is 5.97. The molecule has 0 radical (unpaired) electrons. The number of non-ortho nitro benzene ring substituents is 1. The van der Waals surface area contributed by atoms with Crippen molar-refractivity contribution in [3.8, 4) is 0 Å². The molecular weight excluding hydrogens is 258 g/mol. The Balaban J connectivity index is 2.04. The van der Waals surface area contributed by atoms with Crippen molar-refractivity contribution in [1.82, 2.24) is 4.98 Å². The minimum Gasteiger partial charge on any atom is -0.322 e. The van der Waals surface area contributed by atoms with Crippen molar-refractivity contribution in [2.75, 3.05) is 5.32 Å². The van der Waals surface area contributed by atoms with Crippen LogP contribution in [0.15, 0.2) is 54.9 Å². The number of benzene rings is 1.